The van der Waals surface area contributed by atoms with Crippen LogP contribution in [0.25, 0.3) is 5.82 Å². The van der Waals surface area contributed by atoms with Gasteiger partial charge in [-0.3, -0.25) is 4.90 Å². The van der Waals surface area contributed by atoms with Crippen molar-refractivity contribution in [3.05, 3.63) is 48.2 Å². The first kappa shape index (κ1) is 20.1. The number of nitrogens with zero attached hydrogens (tertiary/aromatic N) is 5. The molecule has 0 bridgehead atoms. The molecule has 158 valence electrons. The maximum absolute atomic E-state index is 6.08. The Labute approximate surface area is 175 Å². The predicted octanol–water partition coefficient (Wildman–Crippen LogP) is 2.61. The van der Waals surface area contributed by atoms with E-state index in [-0.39, 0.29) is 12.1 Å². The normalized spacial score (nSPS) is 14.8. The minimum atomic E-state index is 0.0702. The van der Waals surface area contributed by atoms with Crippen LogP contribution >= 0.6 is 0 Å². The number of nitrogens with one attached hydrogen (secondary N) is 1. The molecule has 1 aliphatic heterocycles. The van der Waals surface area contributed by atoms with Crippen molar-refractivity contribution >= 4 is 17.6 Å². The summed E-state index contributed by atoms with van der Waals surface area (Å²) in [5.41, 5.74) is 7.99. The molecule has 1 fully saturated rings. The zero-order valence-electron chi connectivity index (χ0n) is 17.3. The Morgan fingerprint density at radius 2 is 2.03 bits per heavy atom. The van der Waals surface area contributed by atoms with Crippen LogP contribution in [0.3, 0.4) is 0 Å². The quantitative estimate of drug-likeness (QED) is 0.614. The number of nitrogen functional groups attached to an aromatic ring is 1. The second-order valence-corrected chi connectivity index (χ2v) is 7.40. The van der Waals surface area contributed by atoms with Gasteiger partial charge in [0.05, 0.1) is 19.3 Å². The van der Waals surface area contributed by atoms with Crippen LogP contribution in [0.2, 0.25) is 0 Å². The van der Waals surface area contributed by atoms with Gasteiger partial charge in [0.15, 0.2) is 5.82 Å². The summed E-state index contributed by atoms with van der Waals surface area (Å²) >= 11 is 0. The van der Waals surface area contributed by atoms with Crippen molar-refractivity contribution in [2.24, 2.45) is 0 Å². The lowest BCUT2D eigenvalue weighted by Gasteiger charge is -2.27. The number of anilines is 3. The van der Waals surface area contributed by atoms with E-state index in [2.05, 4.69) is 31.3 Å². The van der Waals surface area contributed by atoms with E-state index in [0.717, 1.165) is 49.8 Å². The van der Waals surface area contributed by atoms with Gasteiger partial charge in [0.1, 0.15) is 5.75 Å². The maximum atomic E-state index is 6.08. The molecule has 4 rings (SSSR count). The van der Waals surface area contributed by atoms with Gasteiger partial charge in [-0.15, -0.1) is 5.10 Å². The molecule has 30 heavy (non-hydrogen) atoms. The first-order chi connectivity index (χ1) is 14.6. The van der Waals surface area contributed by atoms with Crippen LogP contribution in [0.1, 0.15) is 19.4 Å². The lowest BCUT2D eigenvalue weighted by Crippen LogP contribution is -2.35. The molecule has 0 atom stereocenters. The average molecular weight is 409 g/mol. The Bertz CT molecular complexity index is 969. The Morgan fingerprint density at radius 1 is 1.20 bits per heavy atom. The third-order valence-corrected chi connectivity index (χ3v) is 4.68. The van der Waals surface area contributed by atoms with Crippen molar-refractivity contribution in [2.75, 3.05) is 37.4 Å². The summed E-state index contributed by atoms with van der Waals surface area (Å²) < 4.78 is 13.0. The number of aromatic nitrogens is 4. The first-order valence-corrected chi connectivity index (χ1v) is 10.1. The minimum absolute atomic E-state index is 0.0702. The zero-order chi connectivity index (χ0) is 20.9. The smallest absolute Gasteiger partial charge is 0.248 e. The lowest BCUT2D eigenvalue weighted by molar-refractivity contribution is 0.0336. The molecule has 9 heteroatoms. The van der Waals surface area contributed by atoms with Gasteiger partial charge in [0.2, 0.25) is 11.9 Å². The lowest BCUT2D eigenvalue weighted by atomic mass is 10.1. The number of ether oxygens (including phenoxy) is 2. The van der Waals surface area contributed by atoms with E-state index < -0.39 is 0 Å². The molecule has 9 nitrogen and oxygen atoms in total. The molecule has 1 saturated heterocycles. The molecule has 3 N–H and O–H groups in total. The van der Waals surface area contributed by atoms with Crippen molar-refractivity contribution in [1.29, 1.82) is 0 Å². The van der Waals surface area contributed by atoms with Crippen LogP contribution in [0.5, 0.6) is 5.75 Å². The number of rotatable bonds is 7. The molecule has 0 saturated carbocycles. The van der Waals surface area contributed by atoms with Gasteiger partial charge in [-0.1, -0.05) is 12.1 Å². The van der Waals surface area contributed by atoms with Gasteiger partial charge in [-0.05, 0) is 32.0 Å². The molecule has 0 amide bonds. The van der Waals surface area contributed by atoms with Gasteiger partial charge < -0.3 is 20.5 Å². The second kappa shape index (κ2) is 9.10. The number of hydrogen-bond acceptors (Lipinski definition) is 8. The van der Waals surface area contributed by atoms with Crippen LogP contribution in [-0.2, 0) is 11.3 Å². The third-order valence-electron chi connectivity index (χ3n) is 4.68. The second-order valence-electron chi connectivity index (χ2n) is 7.40. The van der Waals surface area contributed by atoms with E-state index in [1.807, 2.05) is 44.2 Å². The van der Waals surface area contributed by atoms with Crippen molar-refractivity contribution in [2.45, 2.75) is 26.5 Å². The average Bonchev–Trinajstić information content (AvgIpc) is 3.11. The van der Waals surface area contributed by atoms with E-state index in [4.69, 9.17) is 15.2 Å². The molecular formula is C21H27N7O2. The fraction of sp³-hybridized carbons (Fsp3) is 0.381. The molecule has 1 aromatic carbocycles. The van der Waals surface area contributed by atoms with Crippen molar-refractivity contribution in [3.8, 4) is 11.6 Å². The predicted molar refractivity (Wildman–Crippen MR) is 115 cm³/mol. The Hall–Kier alpha value is -3.17. The molecule has 0 aliphatic carbocycles. The van der Waals surface area contributed by atoms with E-state index in [0.29, 0.717) is 11.8 Å². The van der Waals surface area contributed by atoms with Crippen LogP contribution in [0, 0.1) is 0 Å². The summed E-state index contributed by atoms with van der Waals surface area (Å²) in [7, 11) is 0. The number of pyridine rings is 1. The Kier molecular flexibility index (Phi) is 6.10. The summed E-state index contributed by atoms with van der Waals surface area (Å²) in [5.74, 6) is 2.12. The van der Waals surface area contributed by atoms with Crippen molar-refractivity contribution in [3.63, 3.8) is 0 Å². The summed E-state index contributed by atoms with van der Waals surface area (Å²) in [6, 6.07) is 11.6. The van der Waals surface area contributed by atoms with E-state index in [1.54, 1.807) is 6.20 Å². The molecule has 2 aromatic heterocycles. The van der Waals surface area contributed by atoms with E-state index in [1.165, 1.54) is 4.68 Å². The number of benzene rings is 1. The first-order valence-electron chi connectivity index (χ1n) is 10.1. The molecule has 0 radical (unpaired) electrons. The molecule has 3 aromatic rings. The highest BCUT2D eigenvalue weighted by atomic mass is 16.5. The molecular weight excluding hydrogens is 382 g/mol. The van der Waals surface area contributed by atoms with Crippen LogP contribution in [-0.4, -0.2) is 57.1 Å². The summed E-state index contributed by atoms with van der Waals surface area (Å²) in [6.45, 7) is 8.26. The monoisotopic (exact) mass is 409 g/mol. The number of morpholine rings is 1. The number of hydrogen-bond donors (Lipinski definition) is 2. The van der Waals surface area contributed by atoms with Gasteiger partial charge in [0.25, 0.3) is 0 Å². The molecule has 0 spiro atoms. The van der Waals surface area contributed by atoms with E-state index >= 15 is 0 Å². The standard InChI is InChI=1S/C21H27N7O2/c1-15(2)30-18-13-17(7-6-16(18)14-27-9-11-29-12-10-27)24-21-25-20(22)28(26-21)19-5-3-4-8-23-19/h3-8,13,15H,9-12,14H2,1-2H3,(H3,22,24,25,26). The Balaban J connectivity index is 1.54. The SMILES string of the molecule is CC(C)Oc1cc(Nc2nc(N)n(-c3ccccn3)n2)ccc1CN1CCOCC1. The zero-order valence-corrected chi connectivity index (χ0v) is 17.3. The van der Waals surface area contributed by atoms with Crippen molar-refractivity contribution < 1.29 is 9.47 Å². The van der Waals surface area contributed by atoms with Crippen LogP contribution < -0.4 is 15.8 Å². The van der Waals surface area contributed by atoms with Gasteiger partial charge in [0, 0.05) is 43.1 Å². The fourth-order valence-corrected chi connectivity index (χ4v) is 3.28. The Morgan fingerprint density at radius 3 is 2.77 bits per heavy atom. The summed E-state index contributed by atoms with van der Waals surface area (Å²) in [6.07, 6.45) is 1.76. The minimum Gasteiger partial charge on any atom is -0.491 e. The molecule has 3 heterocycles. The summed E-state index contributed by atoms with van der Waals surface area (Å²) in [4.78, 5) is 10.9. The van der Waals surface area contributed by atoms with Crippen LogP contribution in [0.4, 0.5) is 17.6 Å². The van der Waals surface area contributed by atoms with Crippen LogP contribution in [0.15, 0.2) is 42.6 Å². The van der Waals surface area contributed by atoms with E-state index in [9.17, 15) is 0 Å². The largest absolute Gasteiger partial charge is 0.491 e. The van der Waals surface area contributed by atoms with Gasteiger partial charge in [-0.2, -0.15) is 9.67 Å². The highest BCUT2D eigenvalue weighted by Crippen LogP contribution is 2.28. The van der Waals surface area contributed by atoms with Gasteiger partial charge in [-0.25, -0.2) is 4.98 Å². The number of nitrogens with two attached hydrogens (primary N) is 1. The van der Waals surface area contributed by atoms with Gasteiger partial charge >= 0.3 is 0 Å². The van der Waals surface area contributed by atoms with Crippen molar-refractivity contribution in [1.82, 2.24) is 24.6 Å². The fourth-order valence-electron chi connectivity index (χ4n) is 3.28. The molecule has 1 aliphatic rings. The maximum Gasteiger partial charge on any atom is 0.248 e. The highest BCUT2D eigenvalue weighted by molar-refractivity contribution is 5.59. The topological polar surface area (TPSA) is 103 Å². The highest BCUT2D eigenvalue weighted by Gasteiger charge is 2.16. The molecule has 0 unspecified atom stereocenters. The third kappa shape index (κ3) is 4.87. The summed E-state index contributed by atoms with van der Waals surface area (Å²) in [5, 5.41) is 7.64.